The molecule has 0 aliphatic heterocycles. The first-order chi connectivity index (χ1) is 9.92. The van der Waals surface area contributed by atoms with Crippen LogP contribution in [0.4, 0.5) is 0 Å². The molecule has 0 heterocycles. The molecule has 1 N–H and O–H groups in total. The van der Waals surface area contributed by atoms with Crippen LogP contribution in [0.25, 0.3) is 0 Å². The van der Waals surface area contributed by atoms with E-state index in [2.05, 4.69) is 0 Å². The van der Waals surface area contributed by atoms with Gasteiger partial charge in [0.15, 0.2) is 17.3 Å². The first-order valence-electron chi connectivity index (χ1n) is 6.47. The number of Topliss-reactive ketones (excluding diaryl/α,β-unsaturated/α-hetero) is 1. The fourth-order valence-electron chi connectivity index (χ4n) is 2.05. The van der Waals surface area contributed by atoms with Gasteiger partial charge in [0.2, 0.25) is 5.75 Å². The number of methoxy groups -OCH3 is 3. The van der Waals surface area contributed by atoms with Crippen molar-refractivity contribution in [3.63, 3.8) is 0 Å². The standard InChI is InChI=1S/C15H20O6/c1-9(6-14(17)18)5-11(16)10-7-12(19-2)15(21-4)13(8-10)20-3/h7-9H,5-6H2,1-4H3,(H,17,18)/t9-/m1/s1. The third-order valence-corrected chi connectivity index (χ3v) is 3.04. The Morgan fingerprint density at radius 2 is 1.57 bits per heavy atom. The zero-order chi connectivity index (χ0) is 16.0. The van der Waals surface area contributed by atoms with E-state index < -0.39 is 5.97 Å². The average molecular weight is 296 g/mol. The summed E-state index contributed by atoms with van der Waals surface area (Å²) in [6.07, 6.45) is 0.0983. The summed E-state index contributed by atoms with van der Waals surface area (Å²) in [4.78, 5) is 22.9. The van der Waals surface area contributed by atoms with Crippen molar-refractivity contribution in [2.45, 2.75) is 19.8 Å². The number of rotatable bonds is 8. The van der Waals surface area contributed by atoms with Gasteiger partial charge in [0, 0.05) is 18.4 Å². The smallest absolute Gasteiger partial charge is 0.303 e. The molecule has 21 heavy (non-hydrogen) atoms. The van der Waals surface area contributed by atoms with Gasteiger partial charge >= 0.3 is 5.97 Å². The molecule has 0 bridgehead atoms. The van der Waals surface area contributed by atoms with E-state index in [0.29, 0.717) is 22.8 Å². The van der Waals surface area contributed by atoms with Crippen LogP contribution in [0, 0.1) is 5.92 Å². The van der Waals surface area contributed by atoms with E-state index in [1.807, 2.05) is 0 Å². The van der Waals surface area contributed by atoms with Crippen molar-refractivity contribution in [1.82, 2.24) is 0 Å². The minimum Gasteiger partial charge on any atom is -0.493 e. The van der Waals surface area contributed by atoms with Crippen molar-refractivity contribution in [2.75, 3.05) is 21.3 Å². The third kappa shape index (κ3) is 4.37. The van der Waals surface area contributed by atoms with Crippen LogP contribution >= 0.6 is 0 Å². The fourth-order valence-corrected chi connectivity index (χ4v) is 2.05. The Labute approximate surface area is 123 Å². The van der Waals surface area contributed by atoms with Gasteiger partial charge in [-0.05, 0) is 18.1 Å². The van der Waals surface area contributed by atoms with Gasteiger partial charge in [0.25, 0.3) is 0 Å². The Morgan fingerprint density at radius 1 is 1.05 bits per heavy atom. The van der Waals surface area contributed by atoms with Crippen LogP contribution in [0.3, 0.4) is 0 Å². The van der Waals surface area contributed by atoms with Crippen LogP contribution < -0.4 is 14.2 Å². The molecule has 0 radical (unpaired) electrons. The number of hydrogen-bond acceptors (Lipinski definition) is 5. The molecule has 116 valence electrons. The van der Waals surface area contributed by atoms with E-state index in [0.717, 1.165) is 0 Å². The van der Waals surface area contributed by atoms with E-state index in [9.17, 15) is 9.59 Å². The second kappa shape index (κ2) is 7.52. The van der Waals surface area contributed by atoms with Crippen LogP contribution in [-0.4, -0.2) is 38.2 Å². The molecular weight excluding hydrogens is 276 g/mol. The zero-order valence-electron chi connectivity index (χ0n) is 12.6. The molecule has 0 fully saturated rings. The fraction of sp³-hybridized carbons (Fsp3) is 0.467. The summed E-state index contributed by atoms with van der Waals surface area (Å²) in [5, 5.41) is 8.73. The summed E-state index contributed by atoms with van der Waals surface area (Å²) in [5.41, 5.74) is 0.404. The van der Waals surface area contributed by atoms with Gasteiger partial charge in [0.1, 0.15) is 0 Å². The Balaban J connectivity index is 3.02. The molecule has 0 aliphatic carbocycles. The molecule has 1 aromatic rings. The lowest BCUT2D eigenvalue weighted by Gasteiger charge is -2.14. The van der Waals surface area contributed by atoms with Crippen LogP contribution in [0.1, 0.15) is 30.1 Å². The van der Waals surface area contributed by atoms with Gasteiger partial charge in [-0.15, -0.1) is 0 Å². The SMILES string of the molecule is COc1cc(C(=O)C[C@@H](C)CC(=O)O)cc(OC)c1OC. The summed E-state index contributed by atoms with van der Waals surface area (Å²) in [6.45, 7) is 1.73. The maximum absolute atomic E-state index is 12.2. The van der Waals surface area contributed by atoms with Gasteiger partial charge < -0.3 is 19.3 Å². The van der Waals surface area contributed by atoms with E-state index in [1.54, 1.807) is 19.1 Å². The number of carboxylic acid groups (broad SMARTS) is 1. The predicted molar refractivity (Wildman–Crippen MR) is 76.5 cm³/mol. The largest absolute Gasteiger partial charge is 0.493 e. The lowest BCUT2D eigenvalue weighted by molar-refractivity contribution is -0.137. The zero-order valence-corrected chi connectivity index (χ0v) is 12.6. The first kappa shape index (κ1) is 16.8. The molecule has 0 saturated heterocycles. The maximum atomic E-state index is 12.2. The Bertz CT molecular complexity index is 498. The minimum absolute atomic E-state index is 0.0455. The number of carbonyl (C=O) groups is 2. The number of carbonyl (C=O) groups excluding carboxylic acids is 1. The molecule has 0 amide bonds. The predicted octanol–water partition coefficient (Wildman–Crippen LogP) is 2.40. The molecular formula is C15H20O6. The highest BCUT2D eigenvalue weighted by atomic mass is 16.5. The average Bonchev–Trinajstić information content (AvgIpc) is 2.44. The Hall–Kier alpha value is -2.24. The molecule has 1 atom stereocenters. The molecule has 1 rings (SSSR count). The number of ether oxygens (including phenoxy) is 3. The molecule has 0 aliphatic rings. The summed E-state index contributed by atoms with van der Waals surface area (Å²) in [6, 6.07) is 3.13. The molecule has 0 spiro atoms. The summed E-state index contributed by atoms with van der Waals surface area (Å²) in [5.74, 6) is -0.121. The van der Waals surface area contributed by atoms with Crippen molar-refractivity contribution in [2.24, 2.45) is 5.92 Å². The monoisotopic (exact) mass is 296 g/mol. The van der Waals surface area contributed by atoms with Crippen molar-refractivity contribution in [3.8, 4) is 17.2 Å². The number of hydrogen-bond donors (Lipinski definition) is 1. The highest BCUT2D eigenvalue weighted by molar-refractivity contribution is 5.97. The van der Waals surface area contributed by atoms with Crippen molar-refractivity contribution in [1.29, 1.82) is 0 Å². The maximum Gasteiger partial charge on any atom is 0.303 e. The molecule has 1 aromatic carbocycles. The third-order valence-electron chi connectivity index (χ3n) is 3.04. The Kier molecular flexibility index (Phi) is 6.02. The molecule has 0 unspecified atom stereocenters. The summed E-state index contributed by atoms with van der Waals surface area (Å²) < 4.78 is 15.6. The number of benzene rings is 1. The molecule has 0 aromatic heterocycles. The van der Waals surface area contributed by atoms with Gasteiger partial charge in [-0.1, -0.05) is 6.92 Å². The van der Waals surface area contributed by atoms with Crippen LogP contribution in [0.2, 0.25) is 0 Å². The van der Waals surface area contributed by atoms with Crippen molar-refractivity contribution >= 4 is 11.8 Å². The van der Waals surface area contributed by atoms with Crippen LogP contribution in [0.15, 0.2) is 12.1 Å². The highest BCUT2D eigenvalue weighted by Gasteiger charge is 2.19. The van der Waals surface area contributed by atoms with Crippen LogP contribution in [0.5, 0.6) is 17.2 Å². The molecule has 6 nitrogen and oxygen atoms in total. The summed E-state index contributed by atoms with van der Waals surface area (Å²) in [7, 11) is 4.42. The molecule has 6 heteroatoms. The van der Waals surface area contributed by atoms with E-state index >= 15 is 0 Å². The first-order valence-corrected chi connectivity index (χ1v) is 6.47. The van der Waals surface area contributed by atoms with E-state index in [-0.39, 0.29) is 24.5 Å². The van der Waals surface area contributed by atoms with Gasteiger partial charge in [0.05, 0.1) is 21.3 Å². The minimum atomic E-state index is -0.916. The van der Waals surface area contributed by atoms with Crippen LogP contribution in [-0.2, 0) is 4.79 Å². The second-order valence-electron chi connectivity index (χ2n) is 4.74. The number of carboxylic acids is 1. The quantitative estimate of drug-likeness (QED) is 0.742. The van der Waals surface area contributed by atoms with Gasteiger partial charge in [-0.25, -0.2) is 0 Å². The van der Waals surface area contributed by atoms with Crippen molar-refractivity contribution < 1.29 is 28.9 Å². The van der Waals surface area contributed by atoms with Gasteiger partial charge in [-0.3, -0.25) is 9.59 Å². The van der Waals surface area contributed by atoms with E-state index in [4.69, 9.17) is 19.3 Å². The highest BCUT2D eigenvalue weighted by Crippen LogP contribution is 2.38. The Morgan fingerprint density at radius 3 is 1.95 bits per heavy atom. The molecule has 0 saturated carbocycles. The lowest BCUT2D eigenvalue weighted by Crippen LogP contribution is -2.11. The number of aliphatic carboxylic acids is 1. The second-order valence-corrected chi connectivity index (χ2v) is 4.74. The summed E-state index contributed by atoms with van der Waals surface area (Å²) >= 11 is 0. The normalized spacial score (nSPS) is 11.6. The van der Waals surface area contributed by atoms with E-state index in [1.165, 1.54) is 21.3 Å². The van der Waals surface area contributed by atoms with Gasteiger partial charge in [-0.2, -0.15) is 0 Å². The number of ketones is 1. The lowest BCUT2D eigenvalue weighted by atomic mass is 9.97. The topological polar surface area (TPSA) is 82.1 Å². The van der Waals surface area contributed by atoms with Crippen molar-refractivity contribution in [3.05, 3.63) is 17.7 Å².